The Hall–Kier alpha value is -2.90. The van der Waals surface area contributed by atoms with Crippen molar-refractivity contribution in [3.8, 4) is 5.75 Å². The van der Waals surface area contributed by atoms with Crippen molar-refractivity contribution in [1.82, 2.24) is 10.9 Å². The quantitative estimate of drug-likeness (QED) is 0.484. The van der Waals surface area contributed by atoms with Gasteiger partial charge in [-0.15, -0.1) is 0 Å². The molecule has 140 valence electrons. The Morgan fingerprint density at radius 3 is 2.73 bits per heavy atom. The number of amides is 2. The number of rotatable bonds is 8. The Labute approximate surface area is 153 Å². The molecule has 8 nitrogen and oxygen atoms in total. The van der Waals surface area contributed by atoms with Crippen molar-refractivity contribution >= 4 is 29.4 Å². The van der Waals surface area contributed by atoms with Gasteiger partial charge >= 0.3 is 0 Å². The average Bonchev–Trinajstić information content (AvgIpc) is 2.94. The Balaban J connectivity index is 1.86. The van der Waals surface area contributed by atoms with Crippen molar-refractivity contribution in [1.29, 1.82) is 0 Å². The van der Waals surface area contributed by atoms with Crippen LogP contribution >= 0.6 is 0 Å². The highest BCUT2D eigenvalue weighted by Gasteiger charge is 2.26. The minimum Gasteiger partial charge on any atom is -0.507 e. The molecule has 2 amide bonds. The molecule has 0 aliphatic carbocycles. The van der Waals surface area contributed by atoms with E-state index in [4.69, 9.17) is 0 Å². The fourth-order valence-electron chi connectivity index (χ4n) is 2.76. The molecule has 2 rings (SSSR count). The number of nitrogens with one attached hydrogen (secondary N) is 2. The molecule has 0 fully saturated rings. The summed E-state index contributed by atoms with van der Waals surface area (Å²) in [7, 11) is 0. The molecule has 0 radical (unpaired) electrons. The summed E-state index contributed by atoms with van der Waals surface area (Å²) >= 11 is 0. The highest BCUT2D eigenvalue weighted by molar-refractivity contribution is 6.07. The molecular formula is C18H25N5O3. The van der Waals surface area contributed by atoms with Crippen LogP contribution in [0.25, 0.3) is 0 Å². The molecule has 0 unspecified atom stereocenters. The fourth-order valence-corrected chi connectivity index (χ4v) is 2.76. The van der Waals surface area contributed by atoms with Gasteiger partial charge in [0.05, 0.1) is 12.1 Å². The Morgan fingerprint density at radius 2 is 2.15 bits per heavy atom. The van der Waals surface area contributed by atoms with Crippen LogP contribution in [0.1, 0.15) is 39.2 Å². The second-order valence-corrected chi connectivity index (χ2v) is 6.03. The molecule has 0 bridgehead atoms. The summed E-state index contributed by atoms with van der Waals surface area (Å²) < 4.78 is 0. The van der Waals surface area contributed by atoms with Gasteiger partial charge in [-0.1, -0.05) is 0 Å². The maximum absolute atomic E-state index is 11.8. The zero-order valence-corrected chi connectivity index (χ0v) is 15.3. The zero-order chi connectivity index (χ0) is 19.1. The van der Waals surface area contributed by atoms with E-state index in [0.29, 0.717) is 17.7 Å². The van der Waals surface area contributed by atoms with Gasteiger partial charge in [0.1, 0.15) is 5.75 Å². The number of hydrazone groups is 2. The number of hydrogen-bond donors (Lipinski definition) is 3. The number of carbonyl (C=O) groups excluding carboxylic acids is 2. The van der Waals surface area contributed by atoms with Gasteiger partial charge in [0.15, 0.2) is 0 Å². The van der Waals surface area contributed by atoms with E-state index in [-0.39, 0.29) is 29.9 Å². The Kier molecular flexibility index (Phi) is 6.71. The topological polar surface area (TPSA) is 106 Å². The van der Waals surface area contributed by atoms with E-state index in [1.54, 1.807) is 19.1 Å². The molecule has 1 aliphatic rings. The molecule has 1 aliphatic heterocycles. The number of phenolic OH excluding ortho intramolecular Hbond substituents is 1. The van der Waals surface area contributed by atoms with Gasteiger partial charge in [-0.2, -0.15) is 10.2 Å². The molecule has 0 saturated carbocycles. The van der Waals surface area contributed by atoms with Crippen LogP contribution < -0.4 is 15.8 Å². The summed E-state index contributed by atoms with van der Waals surface area (Å²) in [4.78, 5) is 25.5. The number of aromatic hydroxyl groups is 1. The van der Waals surface area contributed by atoms with Gasteiger partial charge < -0.3 is 10.0 Å². The van der Waals surface area contributed by atoms with E-state index in [2.05, 4.69) is 26.0 Å². The SMILES string of the molecule is CCN(CC)c1ccc(/C=N\NC(=O)CC[C@@H]2C(=O)NN=C2C)c(O)c1. The standard InChI is InChI=1S/C18H25N5O3/c1-4-23(5-2)14-7-6-13(16(24)10-14)11-19-21-17(25)9-8-15-12(3)20-22-18(15)26/h6-7,10-11,15,24H,4-5,8-9H2,1-3H3,(H,21,25)(H,22,26)/b19-11-/t15-/m0/s1. The number of hydrogen-bond acceptors (Lipinski definition) is 6. The van der Waals surface area contributed by atoms with Gasteiger partial charge in [-0.25, -0.2) is 10.9 Å². The van der Waals surface area contributed by atoms with Crippen molar-refractivity contribution in [2.45, 2.75) is 33.6 Å². The summed E-state index contributed by atoms with van der Waals surface area (Å²) in [5, 5.41) is 17.8. The zero-order valence-electron chi connectivity index (χ0n) is 15.3. The highest BCUT2D eigenvalue weighted by atomic mass is 16.3. The molecule has 3 N–H and O–H groups in total. The van der Waals surface area contributed by atoms with Crippen molar-refractivity contribution < 1.29 is 14.7 Å². The van der Waals surface area contributed by atoms with Crippen molar-refractivity contribution in [3.63, 3.8) is 0 Å². The van der Waals surface area contributed by atoms with Gasteiger partial charge in [0.2, 0.25) is 11.8 Å². The lowest BCUT2D eigenvalue weighted by Crippen LogP contribution is -2.25. The highest BCUT2D eigenvalue weighted by Crippen LogP contribution is 2.23. The van der Waals surface area contributed by atoms with Crippen LogP contribution in [0.5, 0.6) is 5.75 Å². The first kappa shape index (κ1) is 19.4. The van der Waals surface area contributed by atoms with Crippen LogP contribution in [-0.4, -0.2) is 41.9 Å². The second kappa shape index (κ2) is 8.98. The summed E-state index contributed by atoms with van der Waals surface area (Å²) in [6.07, 6.45) is 1.94. The maximum atomic E-state index is 11.8. The maximum Gasteiger partial charge on any atom is 0.248 e. The molecule has 1 heterocycles. The largest absolute Gasteiger partial charge is 0.507 e. The Bertz CT molecular complexity index is 726. The first-order chi connectivity index (χ1) is 12.5. The number of phenols is 1. The minimum absolute atomic E-state index is 0.0989. The fraction of sp³-hybridized carbons (Fsp3) is 0.444. The summed E-state index contributed by atoms with van der Waals surface area (Å²) in [6, 6.07) is 5.33. The average molecular weight is 359 g/mol. The predicted octanol–water partition coefficient (Wildman–Crippen LogP) is 1.59. The van der Waals surface area contributed by atoms with Crippen LogP contribution in [0.15, 0.2) is 28.4 Å². The van der Waals surface area contributed by atoms with E-state index in [1.807, 2.05) is 19.9 Å². The van der Waals surface area contributed by atoms with E-state index >= 15 is 0 Å². The van der Waals surface area contributed by atoms with Crippen LogP contribution in [0, 0.1) is 5.92 Å². The monoisotopic (exact) mass is 359 g/mol. The lowest BCUT2D eigenvalue weighted by atomic mass is 9.99. The normalized spacial score (nSPS) is 16.5. The number of benzene rings is 1. The summed E-state index contributed by atoms with van der Waals surface area (Å²) in [6.45, 7) is 7.55. The van der Waals surface area contributed by atoms with Gasteiger partial charge in [-0.3, -0.25) is 9.59 Å². The summed E-state index contributed by atoms with van der Waals surface area (Å²) in [5.74, 6) is -0.742. The predicted molar refractivity (Wildman–Crippen MR) is 101 cm³/mol. The number of anilines is 1. The van der Waals surface area contributed by atoms with Crippen LogP contribution in [-0.2, 0) is 9.59 Å². The number of carbonyl (C=O) groups is 2. The first-order valence-corrected chi connectivity index (χ1v) is 8.70. The first-order valence-electron chi connectivity index (χ1n) is 8.70. The van der Waals surface area contributed by atoms with E-state index in [1.165, 1.54) is 6.21 Å². The molecule has 1 aromatic carbocycles. The van der Waals surface area contributed by atoms with Gasteiger partial charge in [0.25, 0.3) is 0 Å². The van der Waals surface area contributed by atoms with Crippen molar-refractivity contribution in [2.24, 2.45) is 16.1 Å². The third-order valence-electron chi connectivity index (χ3n) is 4.36. The third-order valence-corrected chi connectivity index (χ3v) is 4.36. The smallest absolute Gasteiger partial charge is 0.248 e. The van der Waals surface area contributed by atoms with E-state index in [9.17, 15) is 14.7 Å². The van der Waals surface area contributed by atoms with Crippen molar-refractivity contribution in [3.05, 3.63) is 23.8 Å². The van der Waals surface area contributed by atoms with Gasteiger partial charge in [0, 0.05) is 42.5 Å². The molecule has 0 aromatic heterocycles. The van der Waals surface area contributed by atoms with E-state index in [0.717, 1.165) is 18.8 Å². The lowest BCUT2D eigenvalue weighted by Gasteiger charge is -2.21. The van der Waals surface area contributed by atoms with Crippen LogP contribution in [0.3, 0.4) is 0 Å². The number of nitrogens with zero attached hydrogens (tertiary/aromatic N) is 3. The molecule has 1 atom stereocenters. The molecule has 0 saturated heterocycles. The Morgan fingerprint density at radius 1 is 1.42 bits per heavy atom. The molecule has 0 spiro atoms. The lowest BCUT2D eigenvalue weighted by molar-refractivity contribution is -0.123. The van der Waals surface area contributed by atoms with E-state index < -0.39 is 0 Å². The van der Waals surface area contributed by atoms with Crippen molar-refractivity contribution in [2.75, 3.05) is 18.0 Å². The second-order valence-electron chi connectivity index (χ2n) is 6.03. The van der Waals surface area contributed by atoms with Gasteiger partial charge in [-0.05, 0) is 39.3 Å². The third kappa shape index (κ3) is 4.81. The van der Waals surface area contributed by atoms with Crippen LogP contribution in [0.4, 0.5) is 5.69 Å². The minimum atomic E-state index is -0.360. The molecule has 1 aromatic rings. The molecule has 8 heteroatoms. The summed E-state index contributed by atoms with van der Waals surface area (Å²) in [5.41, 5.74) is 6.93. The molecular weight excluding hydrogens is 334 g/mol. The molecule has 26 heavy (non-hydrogen) atoms. The van der Waals surface area contributed by atoms with Crippen LogP contribution in [0.2, 0.25) is 0 Å².